The van der Waals surface area contributed by atoms with Crippen LogP contribution in [0.3, 0.4) is 0 Å². The molecule has 176 valence electrons. The first-order valence-electron chi connectivity index (χ1n) is 10.9. The van der Waals surface area contributed by atoms with E-state index in [1.165, 1.54) is 0 Å². The summed E-state index contributed by atoms with van der Waals surface area (Å²) in [6.45, 7) is 5.23. The lowest BCUT2D eigenvalue weighted by atomic mass is 9.98. The van der Waals surface area contributed by atoms with Crippen molar-refractivity contribution in [2.45, 2.75) is 57.2 Å². The minimum atomic E-state index is -1.24. The first kappa shape index (κ1) is 24.3. The maximum atomic E-state index is 12.4. The Labute approximate surface area is 193 Å². The summed E-state index contributed by atoms with van der Waals surface area (Å²) in [6, 6.07) is 13.6. The molecule has 0 bridgehead atoms. The molecule has 0 aliphatic heterocycles. The summed E-state index contributed by atoms with van der Waals surface area (Å²) in [6.07, 6.45) is -0.842. The number of carboxylic acids is 1. The van der Waals surface area contributed by atoms with E-state index in [4.69, 9.17) is 15.2 Å². The minimum absolute atomic E-state index is 0.0372. The highest BCUT2D eigenvalue weighted by molar-refractivity contribution is 5.81. The van der Waals surface area contributed by atoms with Gasteiger partial charge in [-0.1, -0.05) is 48.5 Å². The van der Waals surface area contributed by atoms with Gasteiger partial charge in [0.1, 0.15) is 24.3 Å². The molecule has 4 N–H and O–H groups in total. The van der Waals surface area contributed by atoms with Crippen molar-refractivity contribution in [1.29, 1.82) is 0 Å². The molecule has 2 aromatic carbocycles. The molecule has 8 heteroatoms. The van der Waals surface area contributed by atoms with Crippen LogP contribution in [0.1, 0.15) is 50.7 Å². The van der Waals surface area contributed by atoms with Crippen molar-refractivity contribution in [2.24, 2.45) is 5.73 Å². The number of hydrogen-bond donors (Lipinski definition) is 3. The van der Waals surface area contributed by atoms with E-state index in [1.807, 2.05) is 48.5 Å². The summed E-state index contributed by atoms with van der Waals surface area (Å²) in [4.78, 5) is 36.0. The summed E-state index contributed by atoms with van der Waals surface area (Å²) < 4.78 is 10.6. The van der Waals surface area contributed by atoms with Gasteiger partial charge in [-0.15, -0.1) is 0 Å². The lowest BCUT2D eigenvalue weighted by Crippen LogP contribution is -2.44. The molecule has 2 aromatic rings. The molecular formula is C25H30N2O6. The first-order chi connectivity index (χ1) is 15.6. The van der Waals surface area contributed by atoms with Crippen LogP contribution >= 0.6 is 0 Å². The number of fused-ring (bicyclic) bond motifs is 3. The van der Waals surface area contributed by atoms with Crippen LogP contribution in [0.15, 0.2) is 48.5 Å². The number of nitrogens with two attached hydrogens (primary N) is 1. The number of hydrogen-bond acceptors (Lipinski definition) is 6. The molecule has 33 heavy (non-hydrogen) atoms. The number of benzene rings is 2. The van der Waals surface area contributed by atoms with Gasteiger partial charge in [0, 0.05) is 5.92 Å². The van der Waals surface area contributed by atoms with Crippen molar-refractivity contribution in [3.8, 4) is 11.1 Å². The number of ether oxygens (including phenoxy) is 2. The highest BCUT2D eigenvalue weighted by atomic mass is 16.6. The van der Waals surface area contributed by atoms with Crippen LogP contribution in [-0.2, 0) is 19.1 Å². The maximum absolute atomic E-state index is 12.4. The average molecular weight is 455 g/mol. The predicted molar refractivity (Wildman–Crippen MR) is 123 cm³/mol. The third-order valence-corrected chi connectivity index (χ3v) is 5.41. The lowest BCUT2D eigenvalue weighted by Gasteiger charge is -2.23. The topological polar surface area (TPSA) is 128 Å². The zero-order chi connectivity index (χ0) is 24.2. The van der Waals surface area contributed by atoms with Crippen LogP contribution in [0.5, 0.6) is 0 Å². The van der Waals surface area contributed by atoms with Crippen molar-refractivity contribution in [1.82, 2.24) is 5.32 Å². The second-order valence-corrected chi connectivity index (χ2v) is 9.08. The van der Waals surface area contributed by atoms with Crippen LogP contribution < -0.4 is 11.1 Å². The number of rotatable bonds is 8. The van der Waals surface area contributed by atoms with Gasteiger partial charge in [0.15, 0.2) is 0 Å². The summed E-state index contributed by atoms with van der Waals surface area (Å²) in [5.74, 6) is -1.99. The quantitative estimate of drug-likeness (QED) is 0.521. The smallest absolute Gasteiger partial charge is 0.407 e. The van der Waals surface area contributed by atoms with Gasteiger partial charge in [-0.2, -0.15) is 0 Å². The monoisotopic (exact) mass is 454 g/mol. The van der Waals surface area contributed by atoms with Gasteiger partial charge < -0.3 is 25.6 Å². The fourth-order valence-electron chi connectivity index (χ4n) is 3.88. The third-order valence-electron chi connectivity index (χ3n) is 5.41. The Morgan fingerprint density at radius 2 is 1.55 bits per heavy atom. The fraction of sp³-hybridized carbons (Fsp3) is 0.400. The summed E-state index contributed by atoms with van der Waals surface area (Å²) in [7, 11) is 0. The van der Waals surface area contributed by atoms with Crippen molar-refractivity contribution in [3.63, 3.8) is 0 Å². The Morgan fingerprint density at radius 1 is 1.00 bits per heavy atom. The van der Waals surface area contributed by atoms with Gasteiger partial charge in [0.25, 0.3) is 0 Å². The van der Waals surface area contributed by atoms with Crippen LogP contribution in [0.25, 0.3) is 11.1 Å². The van der Waals surface area contributed by atoms with Crippen molar-refractivity contribution in [3.05, 3.63) is 59.7 Å². The van der Waals surface area contributed by atoms with E-state index in [0.29, 0.717) is 0 Å². The summed E-state index contributed by atoms with van der Waals surface area (Å²) in [5.41, 5.74) is 9.45. The van der Waals surface area contributed by atoms with Gasteiger partial charge >= 0.3 is 18.0 Å². The predicted octanol–water partition coefficient (Wildman–Crippen LogP) is 3.43. The van der Waals surface area contributed by atoms with Crippen LogP contribution in [0.4, 0.5) is 4.79 Å². The molecule has 2 atom stereocenters. The zero-order valence-corrected chi connectivity index (χ0v) is 19.0. The molecule has 3 rings (SSSR count). The lowest BCUT2D eigenvalue weighted by molar-refractivity contribution is -0.157. The summed E-state index contributed by atoms with van der Waals surface area (Å²) >= 11 is 0. The third kappa shape index (κ3) is 6.10. The molecule has 0 saturated carbocycles. The molecule has 0 spiro atoms. The van der Waals surface area contributed by atoms with Crippen LogP contribution in [0.2, 0.25) is 0 Å². The van der Waals surface area contributed by atoms with Gasteiger partial charge in [-0.3, -0.25) is 4.79 Å². The number of aliphatic carboxylic acids is 1. The van der Waals surface area contributed by atoms with E-state index >= 15 is 0 Å². The van der Waals surface area contributed by atoms with Crippen molar-refractivity contribution >= 4 is 18.0 Å². The zero-order valence-electron chi connectivity index (χ0n) is 19.0. The molecule has 0 fully saturated rings. The Bertz CT molecular complexity index is 984. The minimum Gasteiger partial charge on any atom is -0.480 e. The molecule has 1 aliphatic rings. The van der Waals surface area contributed by atoms with Crippen LogP contribution in [0, 0.1) is 0 Å². The van der Waals surface area contributed by atoms with Gasteiger partial charge in [0.05, 0.1) is 0 Å². The normalized spacial score (nSPS) is 14.5. The Morgan fingerprint density at radius 3 is 2.06 bits per heavy atom. The molecule has 8 nitrogen and oxygen atoms in total. The molecule has 0 heterocycles. The summed E-state index contributed by atoms with van der Waals surface area (Å²) in [5, 5.41) is 11.8. The van der Waals surface area contributed by atoms with E-state index in [-0.39, 0.29) is 25.4 Å². The highest BCUT2D eigenvalue weighted by Crippen LogP contribution is 2.44. The second kappa shape index (κ2) is 10.0. The number of amides is 1. The van der Waals surface area contributed by atoms with Gasteiger partial charge in [-0.05, 0) is 55.9 Å². The second-order valence-electron chi connectivity index (χ2n) is 9.08. The SMILES string of the molecule is CC(C)(C)OC(=O)C(N)CCC(NC(=O)OCC1c2ccccc2-c2ccccc21)C(=O)O. The Kier molecular flexibility index (Phi) is 7.38. The number of alkyl carbamates (subject to hydrolysis) is 1. The number of carboxylic acid groups (broad SMARTS) is 1. The molecule has 0 radical (unpaired) electrons. The first-order valence-corrected chi connectivity index (χ1v) is 10.9. The van der Waals surface area contributed by atoms with E-state index in [2.05, 4.69) is 5.32 Å². The number of carbonyl (C=O) groups excluding carboxylic acids is 2. The molecule has 0 aromatic heterocycles. The Hall–Kier alpha value is -3.39. The molecule has 1 amide bonds. The van der Waals surface area contributed by atoms with Crippen molar-refractivity contribution < 1.29 is 29.0 Å². The van der Waals surface area contributed by atoms with E-state index in [1.54, 1.807) is 20.8 Å². The molecule has 0 saturated heterocycles. The Balaban J connectivity index is 1.57. The van der Waals surface area contributed by atoms with Crippen molar-refractivity contribution in [2.75, 3.05) is 6.61 Å². The maximum Gasteiger partial charge on any atom is 0.407 e. The molecular weight excluding hydrogens is 424 g/mol. The molecule has 2 unspecified atom stereocenters. The van der Waals surface area contributed by atoms with E-state index in [0.717, 1.165) is 22.3 Å². The average Bonchev–Trinajstić information content (AvgIpc) is 3.07. The van der Waals surface area contributed by atoms with Gasteiger partial charge in [-0.25, -0.2) is 9.59 Å². The van der Waals surface area contributed by atoms with Crippen LogP contribution in [-0.4, -0.2) is 47.4 Å². The number of nitrogens with one attached hydrogen (secondary N) is 1. The van der Waals surface area contributed by atoms with Gasteiger partial charge in [0.2, 0.25) is 0 Å². The molecule has 1 aliphatic carbocycles. The largest absolute Gasteiger partial charge is 0.480 e. The fourth-order valence-corrected chi connectivity index (χ4v) is 3.88. The van der Waals surface area contributed by atoms with E-state index < -0.39 is 35.7 Å². The number of esters is 1. The van der Waals surface area contributed by atoms with E-state index in [9.17, 15) is 19.5 Å². The highest BCUT2D eigenvalue weighted by Gasteiger charge is 2.30. The number of carbonyl (C=O) groups is 3. The standard InChI is InChI=1S/C25H30N2O6/c1-25(2,3)33-23(30)20(26)12-13-21(22(28)29)27-24(31)32-14-19-17-10-6-4-8-15(17)16-9-5-7-11-18(16)19/h4-11,19-21H,12-14,26H2,1-3H3,(H,27,31)(H,28,29).